The summed E-state index contributed by atoms with van der Waals surface area (Å²) in [5.74, 6) is -0.951. The van der Waals surface area contributed by atoms with Gasteiger partial charge in [0.15, 0.2) is 0 Å². The van der Waals surface area contributed by atoms with Gasteiger partial charge < -0.3 is 5.11 Å². The maximum Gasteiger partial charge on any atom is 1.00 e. The Hall–Kier alpha value is 0.120. The van der Waals surface area contributed by atoms with Gasteiger partial charge in [-0.15, -0.1) is 0 Å². The normalized spacial score (nSPS) is 12.5. The molecular formula is C19H36NNaO4S. The van der Waals surface area contributed by atoms with Crippen LogP contribution in [0.15, 0.2) is 17.1 Å². The molecule has 0 saturated heterocycles. The molecule has 148 valence electrons. The van der Waals surface area contributed by atoms with Crippen molar-refractivity contribution < 1.29 is 47.6 Å². The summed E-state index contributed by atoms with van der Waals surface area (Å²) in [6.45, 7) is 2.05. The zero-order valence-electron chi connectivity index (χ0n) is 16.8. The van der Waals surface area contributed by atoms with E-state index in [4.69, 9.17) is 4.55 Å². The number of aliphatic imine (C=N–C) groups is 1. The number of allylic oxidation sites excluding steroid dienone is 1. The molecule has 0 bridgehead atoms. The molecule has 0 aliphatic heterocycles. The van der Waals surface area contributed by atoms with Crippen LogP contribution < -0.4 is 34.7 Å². The van der Waals surface area contributed by atoms with Gasteiger partial charge in [0.25, 0.3) is 10.1 Å². The van der Waals surface area contributed by atoms with Gasteiger partial charge in [0, 0.05) is 0 Å². The molecular weight excluding hydrogens is 361 g/mol. The molecule has 0 atom stereocenters. The molecule has 0 aromatic heterocycles. The van der Waals surface area contributed by atoms with Crippen LogP contribution in [0.4, 0.5) is 0 Å². The van der Waals surface area contributed by atoms with E-state index >= 15 is 0 Å². The van der Waals surface area contributed by atoms with Crippen molar-refractivity contribution in [1.29, 1.82) is 0 Å². The molecule has 5 nitrogen and oxygen atoms in total. The Balaban J connectivity index is 0. The van der Waals surface area contributed by atoms with Crippen LogP contribution in [0.25, 0.3) is 0 Å². The first-order valence-corrected chi connectivity index (χ1v) is 11.4. The van der Waals surface area contributed by atoms with Crippen LogP contribution in [0.1, 0.15) is 90.4 Å². The van der Waals surface area contributed by atoms with Crippen LogP contribution in [-0.4, -0.2) is 31.2 Å². The van der Waals surface area contributed by atoms with E-state index in [1.165, 1.54) is 76.7 Å². The third kappa shape index (κ3) is 24.1. The van der Waals surface area contributed by atoms with E-state index in [0.29, 0.717) is 0 Å². The minimum absolute atomic E-state index is 0. The maximum absolute atomic E-state index is 11.3. The smallest absolute Gasteiger partial charge is 0.859 e. The van der Waals surface area contributed by atoms with Gasteiger partial charge in [0.05, 0.1) is 12.3 Å². The van der Waals surface area contributed by atoms with Gasteiger partial charge in [-0.2, -0.15) is 8.42 Å². The third-order valence-corrected chi connectivity index (χ3v) is 4.80. The minimum atomic E-state index is -4.04. The number of unbranched alkanes of at least 4 members (excludes halogenated alkanes) is 12. The molecule has 0 amide bonds. The van der Waals surface area contributed by atoms with Crippen molar-refractivity contribution >= 4 is 16.0 Å². The Labute approximate surface area is 182 Å². The fourth-order valence-corrected chi connectivity index (χ4v) is 2.93. The van der Waals surface area contributed by atoms with Crippen LogP contribution in [-0.2, 0) is 10.1 Å². The van der Waals surface area contributed by atoms with Crippen molar-refractivity contribution in [2.75, 3.05) is 12.3 Å². The summed E-state index contributed by atoms with van der Waals surface area (Å²) in [4.78, 5) is 3.54. The van der Waals surface area contributed by atoms with Gasteiger partial charge in [-0.1, -0.05) is 89.7 Å². The van der Waals surface area contributed by atoms with Gasteiger partial charge in [-0.25, -0.2) is 0 Å². The topological polar surface area (TPSA) is 89.8 Å². The van der Waals surface area contributed by atoms with Crippen molar-refractivity contribution in [1.82, 2.24) is 0 Å². The van der Waals surface area contributed by atoms with Gasteiger partial charge in [-0.05, 0) is 18.7 Å². The number of hydrogen-bond donors (Lipinski definition) is 1. The molecule has 0 unspecified atom stereocenters. The zero-order valence-corrected chi connectivity index (χ0v) is 19.6. The Morgan fingerprint density at radius 2 is 1.38 bits per heavy atom. The standard InChI is InChI=1S/C19H37NO4S.Na/c1-2-3-4-5-6-7-8-9-10-11-12-13-14-15-16-19(21)20-17-18-25(22,23)24;/h15-16H,2-14,17-18H2,1H3,(H,20,21)(H,22,23,24);/q;+1/p-1/b16-15+;. The van der Waals surface area contributed by atoms with Crippen LogP contribution in [0.3, 0.4) is 0 Å². The molecule has 0 aromatic rings. The van der Waals surface area contributed by atoms with Crippen LogP contribution >= 0.6 is 0 Å². The van der Waals surface area contributed by atoms with Crippen molar-refractivity contribution in [2.24, 2.45) is 4.99 Å². The molecule has 0 radical (unpaired) electrons. The largest absolute Gasteiger partial charge is 1.00 e. The molecule has 0 saturated carbocycles. The summed E-state index contributed by atoms with van der Waals surface area (Å²) in [6.07, 6.45) is 19.7. The monoisotopic (exact) mass is 397 g/mol. The van der Waals surface area contributed by atoms with E-state index in [2.05, 4.69) is 11.9 Å². The van der Waals surface area contributed by atoms with Crippen molar-refractivity contribution in [2.45, 2.75) is 90.4 Å². The minimum Gasteiger partial charge on any atom is -0.859 e. The molecule has 26 heavy (non-hydrogen) atoms. The van der Waals surface area contributed by atoms with Crippen molar-refractivity contribution in [3.05, 3.63) is 12.2 Å². The molecule has 1 N–H and O–H groups in total. The summed E-state index contributed by atoms with van der Waals surface area (Å²) in [6, 6.07) is 0. The summed E-state index contributed by atoms with van der Waals surface area (Å²) in [5, 5.41) is 11.3. The van der Waals surface area contributed by atoms with Crippen molar-refractivity contribution in [3.8, 4) is 0 Å². The second kappa shape index (κ2) is 19.9. The van der Waals surface area contributed by atoms with Gasteiger partial charge in [0.2, 0.25) is 0 Å². The SMILES string of the molecule is CCCCCCCCCCCCCC/C=C/C([O-])=NCCS(=O)(=O)O.[Na+]. The first-order chi connectivity index (χ1) is 12.0. The fraction of sp³-hybridized carbons (Fsp3) is 0.842. The number of rotatable bonds is 17. The Bertz CT molecular complexity index is 464. The maximum atomic E-state index is 11.3. The second-order valence-electron chi connectivity index (χ2n) is 6.59. The third-order valence-electron chi connectivity index (χ3n) is 4.10. The molecule has 0 aromatic carbocycles. The Kier molecular flexibility index (Phi) is 21.7. The summed E-state index contributed by atoms with van der Waals surface area (Å²) < 4.78 is 29.5. The second-order valence-corrected chi connectivity index (χ2v) is 8.16. The Morgan fingerprint density at radius 3 is 1.85 bits per heavy atom. The fourth-order valence-electron chi connectivity index (χ4n) is 2.61. The van der Waals surface area contributed by atoms with Gasteiger partial charge in [-0.3, -0.25) is 9.55 Å². The zero-order chi connectivity index (χ0) is 18.8. The van der Waals surface area contributed by atoms with E-state index in [-0.39, 0.29) is 36.1 Å². The van der Waals surface area contributed by atoms with E-state index in [1.807, 2.05) is 0 Å². The molecule has 0 heterocycles. The number of hydrogen-bond acceptors (Lipinski definition) is 4. The van der Waals surface area contributed by atoms with Gasteiger partial charge in [0.1, 0.15) is 0 Å². The van der Waals surface area contributed by atoms with Crippen LogP contribution in [0.5, 0.6) is 0 Å². The van der Waals surface area contributed by atoms with Gasteiger partial charge >= 0.3 is 29.6 Å². The van der Waals surface area contributed by atoms with E-state index in [1.54, 1.807) is 6.08 Å². The average Bonchev–Trinajstić information content (AvgIpc) is 2.54. The summed E-state index contributed by atoms with van der Waals surface area (Å²) >= 11 is 0. The Morgan fingerprint density at radius 1 is 0.923 bits per heavy atom. The molecule has 0 aliphatic rings. The van der Waals surface area contributed by atoms with E-state index in [0.717, 1.165) is 12.8 Å². The van der Waals surface area contributed by atoms with E-state index in [9.17, 15) is 13.5 Å². The summed E-state index contributed by atoms with van der Waals surface area (Å²) in [5.41, 5.74) is 0. The van der Waals surface area contributed by atoms with Crippen molar-refractivity contribution in [3.63, 3.8) is 0 Å². The molecule has 7 heteroatoms. The molecule has 0 aliphatic carbocycles. The first-order valence-electron chi connectivity index (χ1n) is 9.79. The summed E-state index contributed by atoms with van der Waals surface area (Å²) in [7, 11) is -4.04. The first kappa shape index (κ1) is 28.3. The average molecular weight is 398 g/mol. The number of nitrogens with zero attached hydrogens (tertiary/aromatic N) is 1. The molecule has 0 spiro atoms. The van der Waals surface area contributed by atoms with Crippen LogP contribution in [0, 0.1) is 0 Å². The quantitative estimate of drug-likeness (QED) is 0.132. The molecule has 0 rings (SSSR count). The predicted octanol–water partition coefficient (Wildman–Crippen LogP) is 1.28. The molecule has 0 fully saturated rings. The predicted molar refractivity (Wildman–Crippen MR) is 104 cm³/mol. The van der Waals surface area contributed by atoms with E-state index < -0.39 is 21.8 Å². The van der Waals surface area contributed by atoms with Crippen LogP contribution in [0.2, 0.25) is 0 Å².